The van der Waals surface area contributed by atoms with E-state index in [1.807, 2.05) is 0 Å². The number of anilines is 1. The highest BCUT2D eigenvalue weighted by atomic mass is 14.9. The van der Waals surface area contributed by atoms with E-state index in [1.54, 1.807) is 0 Å². The molecule has 0 amide bonds. The Hall–Kier alpha value is -0.980. The molecule has 0 radical (unpaired) electrons. The Morgan fingerprint density at radius 1 is 1.12 bits per heavy atom. The minimum Gasteiger partial charge on any atom is -0.382 e. The van der Waals surface area contributed by atoms with Crippen LogP contribution in [0.5, 0.6) is 0 Å². The van der Waals surface area contributed by atoms with Gasteiger partial charge >= 0.3 is 0 Å². The molecule has 1 atom stereocenters. The second-order valence-electron chi connectivity index (χ2n) is 5.95. The van der Waals surface area contributed by atoms with Crippen LogP contribution in [0.3, 0.4) is 0 Å². The van der Waals surface area contributed by atoms with E-state index in [-0.39, 0.29) is 0 Å². The first-order valence-electron chi connectivity index (χ1n) is 6.32. The lowest BCUT2D eigenvalue weighted by molar-refractivity contribution is 0.350. The zero-order valence-electron chi connectivity index (χ0n) is 10.9. The lowest BCUT2D eigenvalue weighted by atomic mass is 9.87. The number of aryl methyl sites for hydroxylation is 2. The predicted octanol–water partition coefficient (Wildman–Crippen LogP) is 4.29. The van der Waals surface area contributed by atoms with Crippen molar-refractivity contribution < 1.29 is 0 Å². The third-order valence-electron chi connectivity index (χ3n) is 3.82. The van der Waals surface area contributed by atoms with Gasteiger partial charge in [-0.15, -0.1) is 0 Å². The van der Waals surface area contributed by atoms with Crippen molar-refractivity contribution in [3.05, 3.63) is 29.3 Å². The lowest BCUT2D eigenvalue weighted by Crippen LogP contribution is -2.30. The molecule has 1 saturated carbocycles. The maximum atomic E-state index is 3.71. The van der Waals surface area contributed by atoms with Gasteiger partial charge in [-0.25, -0.2) is 0 Å². The lowest BCUT2D eigenvalue weighted by Gasteiger charge is -2.29. The monoisotopic (exact) mass is 217 g/mol. The Morgan fingerprint density at radius 3 is 2.25 bits per heavy atom. The van der Waals surface area contributed by atoms with E-state index in [9.17, 15) is 0 Å². The maximum Gasteiger partial charge on any atom is 0.0347 e. The standard InChI is InChI=1S/C15H23N/c1-11-8-12(2)10-13(9-11)16-14-6-5-7-15(14,3)4/h8-10,14,16H,5-7H2,1-4H3. The first kappa shape index (κ1) is 11.5. The summed E-state index contributed by atoms with van der Waals surface area (Å²) in [4.78, 5) is 0. The van der Waals surface area contributed by atoms with Crippen LogP contribution in [0.1, 0.15) is 44.2 Å². The summed E-state index contributed by atoms with van der Waals surface area (Å²) in [5.74, 6) is 0. The van der Waals surface area contributed by atoms with Crippen molar-refractivity contribution in [3.8, 4) is 0 Å². The molecule has 1 aromatic rings. The summed E-state index contributed by atoms with van der Waals surface area (Å²) in [5.41, 5.74) is 4.42. The van der Waals surface area contributed by atoms with Crippen molar-refractivity contribution in [2.45, 2.75) is 53.0 Å². The van der Waals surface area contributed by atoms with Gasteiger partial charge in [0.2, 0.25) is 0 Å². The fourth-order valence-electron chi connectivity index (χ4n) is 2.85. The van der Waals surface area contributed by atoms with Gasteiger partial charge in [-0.2, -0.15) is 0 Å². The van der Waals surface area contributed by atoms with E-state index >= 15 is 0 Å². The van der Waals surface area contributed by atoms with Crippen LogP contribution < -0.4 is 5.32 Å². The largest absolute Gasteiger partial charge is 0.382 e. The van der Waals surface area contributed by atoms with Gasteiger partial charge in [0.1, 0.15) is 0 Å². The van der Waals surface area contributed by atoms with Gasteiger partial charge in [-0.05, 0) is 55.4 Å². The number of rotatable bonds is 2. The van der Waals surface area contributed by atoms with E-state index < -0.39 is 0 Å². The van der Waals surface area contributed by atoms with Crippen molar-refractivity contribution in [2.24, 2.45) is 5.41 Å². The Morgan fingerprint density at radius 2 is 1.75 bits per heavy atom. The van der Waals surface area contributed by atoms with Gasteiger partial charge in [0.25, 0.3) is 0 Å². The number of nitrogens with one attached hydrogen (secondary N) is 1. The summed E-state index contributed by atoms with van der Waals surface area (Å²) in [7, 11) is 0. The zero-order chi connectivity index (χ0) is 11.8. The van der Waals surface area contributed by atoms with Crippen molar-refractivity contribution in [1.82, 2.24) is 0 Å². The normalized spacial score (nSPS) is 23.4. The number of hydrogen-bond acceptors (Lipinski definition) is 1. The smallest absolute Gasteiger partial charge is 0.0347 e. The van der Waals surface area contributed by atoms with Gasteiger partial charge in [0, 0.05) is 11.7 Å². The van der Waals surface area contributed by atoms with Crippen molar-refractivity contribution >= 4 is 5.69 Å². The second kappa shape index (κ2) is 4.12. The van der Waals surface area contributed by atoms with Crippen LogP contribution in [0.15, 0.2) is 18.2 Å². The van der Waals surface area contributed by atoms with E-state index in [0.29, 0.717) is 11.5 Å². The highest BCUT2D eigenvalue weighted by Crippen LogP contribution is 2.39. The topological polar surface area (TPSA) is 12.0 Å². The molecule has 0 saturated heterocycles. The summed E-state index contributed by atoms with van der Waals surface area (Å²) in [6.45, 7) is 9.08. The molecule has 1 heteroatoms. The Labute approximate surface area is 99.3 Å². The molecule has 0 aliphatic heterocycles. The van der Waals surface area contributed by atoms with Crippen LogP contribution in [-0.2, 0) is 0 Å². The van der Waals surface area contributed by atoms with Crippen molar-refractivity contribution in [3.63, 3.8) is 0 Å². The molecule has 2 rings (SSSR count). The molecular formula is C15H23N. The highest BCUT2D eigenvalue weighted by molar-refractivity contribution is 5.49. The van der Waals surface area contributed by atoms with Crippen LogP contribution in [0.25, 0.3) is 0 Å². The Bertz CT molecular complexity index is 359. The maximum absolute atomic E-state index is 3.71. The molecule has 1 aliphatic carbocycles. The van der Waals surface area contributed by atoms with Crippen LogP contribution in [-0.4, -0.2) is 6.04 Å². The van der Waals surface area contributed by atoms with Crippen LogP contribution in [0, 0.1) is 19.3 Å². The number of benzene rings is 1. The van der Waals surface area contributed by atoms with Crippen LogP contribution in [0.4, 0.5) is 5.69 Å². The summed E-state index contributed by atoms with van der Waals surface area (Å²) < 4.78 is 0. The van der Waals surface area contributed by atoms with Crippen LogP contribution >= 0.6 is 0 Å². The molecule has 88 valence electrons. The molecule has 1 aromatic carbocycles. The van der Waals surface area contributed by atoms with Crippen molar-refractivity contribution in [2.75, 3.05) is 5.32 Å². The average molecular weight is 217 g/mol. The third-order valence-corrected chi connectivity index (χ3v) is 3.82. The molecule has 1 fully saturated rings. The van der Waals surface area contributed by atoms with Crippen molar-refractivity contribution in [1.29, 1.82) is 0 Å². The SMILES string of the molecule is Cc1cc(C)cc(NC2CCCC2(C)C)c1. The molecule has 0 aromatic heterocycles. The summed E-state index contributed by atoms with van der Waals surface area (Å²) in [6.07, 6.45) is 4.00. The predicted molar refractivity (Wildman–Crippen MR) is 71.0 cm³/mol. The summed E-state index contributed by atoms with van der Waals surface area (Å²) >= 11 is 0. The van der Waals surface area contributed by atoms with Crippen LogP contribution in [0.2, 0.25) is 0 Å². The summed E-state index contributed by atoms with van der Waals surface area (Å²) in [5, 5.41) is 3.71. The summed E-state index contributed by atoms with van der Waals surface area (Å²) in [6, 6.07) is 7.36. The molecular weight excluding hydrogens is 194 g/mol. The second-order valence-corrected chi connectivity index (χ2v) is 5.95. The molecule has 1 nitrogen and oxygen atoms in total. The first-order chi connectivity index (χ1) is 7.47. The van der Waals surface area contributed by atoms with E-state index in [1.165, 1.54) is 36.1 Å². The van der Waals surface area contributed by atoms with E-state index in [0.717, 1.165) is 0 Å². The fraction of sp³-hybridized carbons (Fsp3) is 0.600. The minimum atomic E-state index is 0.442. The van der Waals surface area contributed by atoms with Gasteiger partial charge in [-0.3, -0.25) is 0 Å². The molecule has 0 spiro atoms. The zero-order valence-corrected chi connectivity index (χ0v) is 10.9. The van der Waals surface area contributed by atoms with Gasteiger partial charge in [0.05, 0.1) is 0 Å². The molecule has 1 aliphatic rings. The molecule has 1 unspecified atom stereocenters. The van der Waals surface area contributed by atoms with Gasteiger partial charge < -0.3 is 5.32 Å². The highest BCUT2D eigenvalue weighted by Gasteiger charge is 2.34. The van der Waals surface area contributed by atoms with Gasteiger partial charge in [-0.1, -0.05) is 26.3 Å². The quantitative estimate of drug-likeness (QED) is 0.779. The van der Waals surface area contributed by atoms with E-state index in [4.69, 9.17) is 0 Å². The number of hydrogen-bond donors (Lipinski definition) is 1. The fourth-order valence-corrected chi connectivity index (χ4v) is 2.85. The minimum absolute atomic E-state index is 0.442. The van der Waals surface area contributed by atoms with Gasteiger partial charge in [0.15, 0.2) is 0 Å². The first-order valence-corrected chi connectivity index (χ1v) is 6.32. The molecule has 1 N–H and O–H groups in total. The third kappa shape index (κ3) is 2.40. The Balaban J connectivity index is 2.14. The molecule has 0 heterocycles. The Kier molecular flexibility index (Phi) is 2.96. The molecule has 16 heavy (non-hydrogen) atoms. The average Bonchev–Trinajstić information content (AvgIpc) is 2.44. The molecule has 0 bridgehead atoms. The van der Waals surface area contributed by atoms with E-state index in [2.05, 4.69) is 51.2 Å².